The first-order valence-electron chi connectivity index (χ1n) is 6.66. The molecule has 100 valence electrons. The minimum atomic E-state index is 0.152. The molecule has 0 aliphatic heterocycles. The first-order chi connectivity index (χ1) is 9.03. The molecule has 1 aliphatic carbocycles. The van der Waals surface area contributed by atoms with Gasteiger partial charge >= 0.3 is 0 Å². The lowest BCUT2D eigenvalue weighted by Gasteiger charge is -2.32. The Morgan fingerprint density at radius 3 is 3.05 bits per heavy atom. The number of pyridine rings is 1. The Bertz CT molecular complexity index is 574. The lowest BCUT2D eigenvalue weighted by Crippen LogP contribution is -2.28. The van der Waals surface area contributed by atoms with E-state index in [9.17, 15) is 0 Å². The van der Waals surface area contributed by atoms with Gasteiger partial charge in [-0.2, -0.15) is 0 Å². The summed E-state index contributed by atoms with van der Waals surface area (Å²) < 4.78 is 0. The van der Waals surface area contributed by atoms with Crippen LogP contribution in [0.4, 0.5) is 0 Å². The van der Waals surface area contributed by atoms with E-state index in [-0.39, 0.29) is 11.5 Å². The fourth-order valence-electron chi connectivity index (χ4n) is 2.80. The van der Waals surface area contributed by atoms with Gasteiger partial charge in [0.1, 0.15) is 0 Å². The number of hydrogen-bond acceptors (Lipinski definition) is 4. The molecule has 1 unspecified atom stereocenters. The van der Waals surface area contributed by atoms with Gasteiger partial charge in [0.05, 0.1) is 10.7 Å². The van der Waals surface area contributed by atoms with Crippen LogP contribution < -0.4 is 5.73 Å². The Kier molecular flexibility index (Phi) is 3.15. The molecule has 1 atom stereocenters. The van der Waals surface area contributed by atoms with Crippen LogP contribution in [0.2, 0.25) is 0 Å². The van der Waals surface area contributed by atoms with Crippen LogP contribution in [-0.2, 0) is 12.8 Å². The standard InChI is InChI=1S/C15H19N3S/c1-15(2)7-11(16)14-12(8-15)18-13(19-14)6-10-4-3-5-17-9-10/h3-5,9,11H,6-8,16H2,1-2H3. The van der Waals surface area contributed by atoms with Crippen LogP contribution in [0.15, 0.2) is 24.5 Å². The van der Waals surface area contributed by atoms with Gasteiger partial charge < -0.3 is 5.73 Å². The minimum absolute atomic E-state index is 0.152. The third-order valence-electron chi connectivity index (χ3n) is 3.61. The second-order valence-corrected chi connectivity index (χ2v) is 7.22. The first-order valence-corrected chi connectivity index (χ1v) is 7.48. The van der Waals surface area contributed by atoms with Gasteiger partial charge in [-0.1, -0.05) is 19.9 Å². The lowest BCUT2D eigenvalue weighted by molar-refractivity contribution is 0.282. The number of nitrogens with zero attached hydrogens (tertiary/aromatic N) is 2. The Labute approximate surface area is 117 Å². The number of hydrogen-bond donors (Lipinski definition) is 1. The molecule has 2 heterocycles. The van der Waals surface area contributed by atoms with Gasteiger partial charge in [0.15, 0.2) is 0 Å². The highest BCUT2D eigenvalue weighted by Crippen LogP contribution is 2.42. The molecule has 0 aromatic carbocycles. The SMILES string of the molecule is CC1(C)Cc2nc(Cc3cccnc3)sc2C(N)C1. The highest BCUT2D eigenvalue weighted by molar-refractivity contribution is 7.11. The van der Waals surface area contributed by atoms with Crippen molar-refractivity contribution in [3.8, 4) is 0 Å². The Balaban J connectivity index is 1.87. The molecule has 0 fully saturated rings. The van der Waals surface area contributed by atoms with E-state index in [0.29, 0.717) is 0 Å². The molecule has 3 rings (SSSR count). The van der Waals surface area contributed by atoms with Crippen molar-refractivity contribution in [2.45, 2.75) is 39.2 Å². The van der Waals surface area contributed by atoms with Crippen molar-refractivity contribution < 1.29 is 0 Å². The molecule has 0 bridgehead atoms. The van der Waals surface area contributed by atoms with Crippen LogP contribution >= 0.6 is 11.3 Å². The van der Waals surface area contributed by atoms with Crippen molar-refractivity contribution in [1.82, 2.24) is 9.97 Å². The summed E-state index contributed by atoms with van der Waals surface area (Å²) in [6, 6.07) is 4.22. The first kappa shape index (κ1) is 12.8. The van der Waals surface area contributed by atoms with E-state index in [0.717, 1.165) is 24.3 Å². The zero-order valence-electron chi connectivity index (χ0n) is 11.4. The average molecular weight is 273 g/mol. The molecule has 2 N–H and O–H groups in total. The quantitative estimate of drug-likeness (QED) is 0.914. The van der Waals surface area contributed by atoms with E-state index in [2.05, 4.69) is 24.9 Å². The van der Waals surface area contributed by atoms with E-state index in [1.165, 1.54) is 16.1 Å². The van der Waals surface area contributed by atoms with E-state index in [1.54, 1.807) is 17.5 Å². The third-order valence-corrected chi connectivity index (χ3v) is 4.83. The van der Waals surface area contributed by atoms with E-state index >= 15 is 0 Å². The normalized spacial score (nSPS) is 21.1. The number of fused-ring (bicyclic) bond motifs is 1. The molecular formula is C15H19N3S. The van der Waals surface area contributed by atoms with E-state index < -0.39 is 0 Å². The van der Waals surface area contributed by atoms with Crippen LogP contribution in [-0.4, -0.2) is 9.97 Å². The van der Waals surface area contributed by atoms with Gasteiger partial charge in [0, 0.05) is 29.7 Å². The summed E-state index contributed by atoms with van der Waals surface area (Å²) >= 11 is 1.78. The number of nitrogens with two attached hydrogens (primary N) is 1. The summed E-state index contributed by atoms with van der Waals surface area (Å²) in [5, 5.41) is 1.16. The van der Waals surface area contributed by atoms with Crippen molar-refractivity contribution in [2.24, 2.45) is 11.1 Å². The summed E-state index contributed by atoms with van der Waals surface area (Å²) in [5.74, 6) is 0. The van der Waals surface area contributed by atoms with Crippen LogP contribution in [0.3, 0.4) is 0 Å². The smallest absolute Gasteiger partial charge is 0.0976 e. The van der Waals surface area contributed by atoms with Crippen molar-refractivity contribution in [1.29, 1.82) is 0 Å². The second kappa shape index (κ2) is 4.69. The van der Waals surface area contributed by atoms with Gasteiger partial charge in [-0.25, -0.2) is 4.98 Å². The van der Waals surface area contributed by atoms with Gasteiger partial charge in [0.2, 0.25) is 0 Å². The monoisotopic (exact) mass is 273 g/mol. The Morgan fingerprint density at radius 1 is 1.47 bits per heavy atom. The number of aromatic nitrogens is 2. The molecule has 0 radical (unpaired) electrons. The van der Waals surface area contributed by atoms with Crippen molar-refractivity contribution in [2.75, 3.05) is 0 Å². The average Bonchev–Trinajstić information content (AvgIpc) is 2.71. The van der Waals surface area contributed by atoms with Gasteiger partial charge in [-0.15, -0.1) is 11.3 Å². The molecule has 2 aromatic rings. The zero-order valence-corrected chi connectivity index (χ0v) is 12.2. The molecule has 1 aliphatic rings. The van der Waals surface area contributed by atoms with Gasteiger partial charge in [-0.3, -0.25) is 4.98 Å². The molecule has 0 spiro atoms. The number of rotatable bonds is 2. The van der Waals surface area contributed by atoms with Crippen LogP contribution in [0.1, 0.15) is 47.5 Å². The molecular weight excluding hydrogens is 254 g/mol. The topological polar surface area (TPSA) is 51.8 Å². The summed E-state index contributed by atoms with van der Waals surface area (Å²) in [6.45, 7) is 4.55. The van der Waals surface area contributed by atoms with Crippen molar-refractivity contribution in [3.63, 3.8) is 0 Å². The summed E-state index contributed by atoms with van der Waals surface area (Å²) in [5.41, 5.74) is 8.98. The summed E-state index contributed by atoms with van der Waals surface area (Å²) in [4.78, 5) is 10.2. The van der Waals surface area contributed by atoms with E-state index in [4.69, 9.17) is 10.7 Å². The fourth-order valence-corrected chi connectivity index (χ4v) is 3.92. The van der Waals surface area contributed by atoms with Crippen molar-refractivity contribution >= 4 is 11.3 Å². The van der Waals surface area contributed by atoms with Crippen LogP contribution in [0, 0.1) is 5.41 Å². The van der Waals surface area contributed by atoms with Crippen molar-refractivity contribution in [3.05, 3.63) is 45.7 Å². The Morgan fingerprint density at radius 2 is 2.32 bits per heavy atom. The lowest BCUT2D eigenvalue weighted by atomic mass is 9.77. The largest absolute Gasteiger partial charge is 0.323 e. The maximum absolute atomic E-state index is 6.29. The molecule has 0 saturated carbocycles. The maximum Gasteiger partial charge on any atom is 0.0976 e. The predicted molar refractivity (Wildman–Crippen MR) is 78.2 cm³/mol. The highest BCUT2D eigenvalue weighted by atomic mass is 32.1. The minimum Gasteiger partial charge on any atom is -0.323 e. The molecule has 2 aromatic heterocycles. The molecule has 0 saturated heterocycles. The highest BCUT2D eigenvalue weighted by Gasteiger charge is 2.33. The van der Waals surface area contributed by atoms with E-state index in [1.807, 2.05) is 12.3 Å². The zero-order chi connectivity index (χ0) is 13.5. The molecule has 4 heteroatoms. The van der Waals surface area contributed by atoms with Gasteiger partial charge in [0.25, 0.3) is 0 Å². The summed E-state index contributed by atoms with van der Waals surface area (Å²) in [6.07, 6.45) is 6.66. The molecule has 3 nitrogen and oxygen atoms in total. The third kappa shape index (κ3) is 2.69. The predicted octanol–water partition coefficient (Wildman–Crippen LogP) is 3.10. The fraction of sp³-hybridized carbons (Fsp3) is 0.467. The molecule has 0 amide bonds. The van der Waals surface area contributed by atoms with Crippen LogP contribution in [0.5, 0.6) is 0 Å². The Hall–Kier alpha value is -1.26. The maximum atomic E-state index is 6.29. The molecule has 19 heavy (non-hydrogen) atoms. The van der Waals surface area contributed by atoms with Gasteiger partial charge in [-0.05, 0) is 29.9 Å². The second-order valence-electron chi connectivity index (χ2n) is 6.11. The summed E-state index contributed by atoms with van der Waals surface area (Å²) in [7, 11) is 0. The number of thiazole rings is 1. The van der Waals surface area contributed by atoms with Crippen LogP contribution in [0.25, 0.3) is 0 Å².